The molecule has 0 bridgehead atoms. The molecule has 2 aliphatic rings. The Bertz CT molecular complexity index is 804. The molecule has 0 aromatic carbocycles. The van der Waals surface area contributed by atoms with Crippen LogP contribution in [0.4, 0.5) is 0 Å². The van der Waals surface area contributed by atoms with E-state index in [1.807, 2.05) is 0 Å². The zero-order valence-electron chi connectivity index (χ0n) is 18.7. The number of ketones is 1. The fourth-order valence-corrected chi connectivity index (χ4v) is 6.82. The van der Waals surface area contributed by atoms with Crippen LogP contribution in [-0.4, -0.2) is 81.3 Å². The summed E-state index contributed by atoms with van der Waals surface area (Å²) in [5, 5.41) is 24.0. The maximum Gasteiger partial charge on any atom is 0.327 e. The second kappa shape index (κ2) is 10.8. The van der Waals surface area contributed by atoms with E-state index in [1.165, 1.54) is 26.1 Å². The fourth-order valence-electron chi connectivity index (χ4n) is 3.21. The number of amides is 1. The third-order valence-corrected chi connectivity index (χ3v) is 9.02. The largest absolute Gasteiger partial charge is 0.462 e. The lowest BCUT2D eigenvalue weighted by molar-refractivity contribution is -0.158. The van der Waals surface area contributed by atoms with Gasteiger partial charge in [0.25, 0.3) is 0 Å². The van der Waals surface area contributed by atoms with E-state index in [9.17, 15) is 29.2 Å². The van der Waals surface area contributed by atoms with Crippen LogP contribution in [0.25, 0.3) is 0 Å². The van der Waals surface area contributed by atoms with Gasteiger partial charge in [0.05, 0.1) is 19.1 Å². The predicted molar refractivity (Wildman–Crippen MR) is 116 cm³/mol. The number of aliphatic hydroxyl groups is 2. The molecular formula is C19H31N2O9PS. The topological polar surface area (TPSA) is 152 Å². The second-order valence-corrected chi connectivity index (χ2v) is 12.6. The number of carbonyl (C=O) groups is 3. The summed E-state index contributed by atoms with van der Waals surface area (Å²) < 4.78 is 29.6. The molecule has 1 saturated heterocycles. The van der Waals surface area contributed by atoms with Gasteiger partial charge >= 0.3 is 12.7 Å². The molecule has 13 heteroatoms. The Labute approximate surface area is 191 Å². The Hall–Kier alpha value is -1.27. The van der Waals surface area contributed by atoms with Crippen LogP contribution in [-0.2, 0) is 32.9 Å². The summed E-state index contributed by atoms with van der Waals surface area (Å²) >= 11 is 0.959. The number of nitrogens with zero attached hydrogens (tertiary/aromatic N) is 1. The SMILES string of the molecule is CCS[P@@](=O)(N[C@H](C)C(=O)OC(C)C)OC[C@H]1O[C@@H](N2C=CC(=O)CC2=O)[C@](C)(O)[C@@H]1O. The molecule has 11 nitrogen and oxygen atoms in total. The molecular weight excluding hydrogens is 463 g/mol. The van der Waals surface area contributed by atoms with Crippen molar-refractivity contribution in [3.8, 4) is 0 Å². The first-order chi connectivity index (χ1) is 14.8. The van der Waals surface area contributed by atoms with Gasteiger partial charge in [-0.15, -0.1) is 0 Å². The Morgan fingerprint density at radius 3 is 2.66 bits per heavy atom. The molecule has 2 heterocycles. The van der Waals surface area contributed by atoms with Crippen LogP contribution in [0.15, 0.2) is 12.3 Å². The van der Waals surface area contributed by atoms with Crippen molar-refractivity contribution in [3.05, 3.63) is 12.3 Å². The van der Waals surface area contributed by atoms with E-state index in [0.29, 0.717) is 5.75 Å². The van der Waals surface area contributed by atoms with E-state index in [2.05, 4.69) is 5.09 Å². The van der Waals surface area contributed by atoms with Crippen LogP contribution >= 0.6 is 18.1 Å². The molecule has 182 valence electrons. The number of nitrogens with one attached hydrogen (secondary N) is 1. The molecule has 1 amide bonds. The maximum atomic E-state index is 13.2. The monoisotopic (exact) mass is 494 g/mol. The third kappa shape index (κ3) is 6.40. The second-order valence-electron chi connectivity index (χ2n) is 8.00. The van der Waals surface area contributed by atoms with E-state index >= 15 is 0 Å². The van der Waals surface area contributed by atoms with Gasteiger partial charge in [-0.25, -0.2) is 5.09 Å². The Morgan fingerprint density at radius 2 is 2.09 bits per heavy atom. The normalized spacial score (nSPS) is 31.1. The van der Waals surface area contributed by atoms with Gasteiger partial charge in [0, 0.05) is 12.0 Å². The summed E-state index contributed by atoms with van der Waals surface area (Å²) in [6, 6.07) is -0.916. The molecule has 3 N–H and O–H groups in total. The number of hydrogen-bond donors (Lipinski definition) is 3. The molecule has 0 aromatic rings. The molecule has 0 unspecified atom stereocenters. The number of hydrogen-bond acceptors (Lipinski definition) is 10. The van der Waals surface area contributed by atoms with E-state index in [-0.39, 0.29) is 24.9 Å². The zero-order chi connectivity index (χ0) is 24.3. The molecule has 2 aliphatic heterocycles. The van der Waals surface area contributed by atoms with Crippen LogP contribution in [0.3, 0.4) is 0 Å². The lowest BCUT2D eigenvalue weighted by Gasteiger charge is -2.34. The number of aliphatic hydroxyl groups excluding tert-OH is 1. The van der Waals surface area contributed by atoms with Crippen LogP contribution < -0.4 is 5.09 Å². The van der Waals surface area contributed by atoms with Crippen molar-refractivity contribution in [1.29, 1.82) is 0 Å². The number of esters is 1. The number of ether oxygens (including phenoxy) is 2. The Balaban J connectivity index is 2.09. The lowest BCUT2D eigenvalue weighted by Crippen LogP contribution is -2.54. The van der Waals surface area contributed by atoms with Gasteiger partial charge in [-0.3, -0.25) is 23.8 Å². The first-order valence-corrected chi connectivity index (χ1v) is 13.5. The minimum absolute atomic E-state index is 0.339. The molecule has 0 saturated carbocycles. The number of rotatable bonds is 10. The minimum atomic E-state index is -3.61. The van der Waals surface area contributed by atoms with Crippen LogP contribution in [0, 0.1) is 0 Å². The highest BCUT2D eigenvalue weighted by atomic mass is 32.7. The van der Waals surface area contributed by atoms with Gasteiger partial charge in [-0.1, -0.05) is 18.3 Å². The van der Waals surface area contributed by atoms with E-state index in [4.69, 9.17) is 14.0 Å². The summed E-state index contributed by atoms with van der Waals surface area (Å²) in [4.78, 5) is 36.7. The van der Waals surface area contributed by atoms with Crippen molar-refractivity contribution < 1.29 is 43.2 Å². The van der Waals surface area contributed by atoms with Crippen LogP contribution in [0.5, 0.6) is 0 Å². The maximum absolute atomic E-state index is 13.2. The van der Waals surface area contributed by atoms with Gasteiger partial charge in [-0.2, -0.15) is 0 Å². The first kappa shape index (κ1) is 27.0. The summed E-state index contributed by atoms with van der Waals surface area (Å²) in [6.07, 6.45) is -2.20. The van der Waals surface area contributed by atoms with Crippen molar-refractivity contribution in [3.63, 3.8) is 0 Å². The average Bonchev–Trinajstić information content (AvgIpc) is 2.89. The lowest BCUT2D eigenvalue weighted by atomic mass is 9.95. The van der Waals surface area contributed by atoms with Crippen LogP contribution in [0.2, 0.25) is 0 Å². The average molecular weight is 495 g/mol. The van der Waals surface area contributed by atoms with Crippen molar-refractivity contribution in [2.24, 2.45) is 0 Å². The predicted octanol–water partition coefficient (Wildman–Crippen LogP) is 0.946. The molecule has 0 aliphatic carbocycles. The van der Waals surface area contributed by atoms with Crippen molar-refractivity contribution >= 4 is 35.8 Å². The molecule has 0 aromatic heterocycles. The molecule has 6 atom stereocenters. The standard InChI is InChI=1S/C19H31N2O9PS/c1-6-32-31(27,20-12(4)17(25)29-11(2)3)28-10-14-16(24)19(5,26)18(30-14)21-8-7-13(22)9-15(21)23/h7-8,11-12,14,16,18,24,26H,6,9-10H2,1-5H3,(H,20,27)/t12-,14-,16-,18-,19-,31-/m1/s1. The minimum Gasteiger partial charge on any atom is -0.462 e. The molecule has 1 fully saturated rings. The Morgan fingerprint density at radius 1 is 1.44 bits per heavy atom. The molecule has 32 heavy (non-hydrogen) atoms. The van der Waals surface area contributed by atoms with Crippen molar-refractivity contribution in [1.82, 2.24) is 9.99 Å². The summed E-state index contributed by atoms with van der Waals surface area (Å²) in [5.74, 6) is -1.14. The summed E-state index contributed by atoms with van der Waals surface area (Å²) in [7, 11) is 0. The van der Waals surface area contributed by atoms with Crippen molar-refractivity contribution in [2.45, 2.75) is 77.2 Å². The Kier molecular flexibility index (Phi) is 9.08. The van der Waals surface area contributed by atoms with Gasteiger partial charge in [-0.05, 0) is 33.8 Å². The molecule has 2 rings (SSSR count). The summed E-state index contributed by atoms with van der Waals surface area (Å²) in [6.45, 7) is 3.94. The highest BCUT2D eigenvalue weighted by molar-refractivity contribution is 8.56. The summed E-state index contributed by atoms with van der Waals surface area (Å²) in [5.41, 5.74) is -1.88. The van der Waals surface area contributed by atoms with Crippen molar-refractivity contribution in [2.75, 3.05) is 12.4 Å². The number of carbonyl (C=O) groups excluding carboxylic acids is 3. The smallest absolute Gasteiger partial charge is 0.327 e. The van der Waals surface area contributed by atoms with E-state index in [0.717, 1.165) is 16.3 Å². The van der Waals surface area contributed by atoms with Gasteiger partial charge in [0.1, 0.15) is 23.9 Å². The highest BCUT2D eigenvalue weighted by Crippen LogP contribution is 2.56. The van der Waals surface area contributed by atoms with E-state index in [1.54, 1.807) is 20.8 Å². The number of allylic oxidation sites excluding steroid dienone is 1. The van der Waals surface area contributed by atoms with Crippen LogP contribution in [0.1, 0.15) is 41.0 Å². The molecule has 0 spiro atoms. The van der Waals surface area contributed by atoms with Gasteiger partial charge in [0.2, 0.25) is 5.91 Å². The van der Waals surface area contributed by atoms with Gasteiger partial charge < -0.3 is 24.2 Å². The quantitative estimate of drug-likeness (QED) is 0.226. The first-order valence-electron chi connectivity index (χ1n) is 10.3. The third-order valence-electron chi connectivity index (χ3n) is 4.81. The highest BCUT2D eigenvalue weighted by Gasteiger charge is 2.56. The zero-order valence-corrected chi connectivity index (χ0v) is 20.4. The molecule has 0 radical (unpaired) electrons. The van der Waals surface area contributed by atoms with E-state index < -0.39 is 48.7 Å². The fraction of sp³-hybridized carbons (Fsp3) is 0.737. The van der Waals surface area contributed by atoms with Gasteiger partial charge in [0.15, 0.2) is 12.0 Å².